The summed E-state index contributed by atoms with van der Waals surface area (Å²) in [7, 11) is 0. The summed E-state index contributed by atoms with van der Waals surface area (Å²) in [4.78, 5) is 14.5. The van der Waals surface area contributed by atoms with E-state index in [2.05, 4.69) is 37.2 Å². The van der Waals surface area contributed by atoms with Crippen molar-refractivity contribution in [3.8, 4) is 0 Å². The molecule has 2 rings (SSSR count). The largest absolute Gasteiger partial charge is 0.335 e. The lowest BCUT2D eigenvalue weighted by molar-refractivity contribution is 0.0703. The average Bonchev–Trinajstić information content (AvgIpc) is 2.87. The summed E-state index contributed by atoms with van der Waals surface area (Å²) in [5.41, 5.74) is 0.720. The zero-order valence-electron chi connectivity index (χ0n) is 10.2. The van der Waals surface area contributed by atoms with Crippen molar-refractivity contribution < 1.29 is 4.79 Å². The van der Waals surface area contributed by atoms with Gasteiger partial charge in [-0.15, -0.1) is 0 Å². The Morgan fingerprint density at radius 1 is 1.50 bits per heavy atom. The predicted molar refractivity (Wildman–Crippen MR) is 79.8 cm³/mol. The first-order chi connectivity index (χ1) is 8.63. The summed E-state index contributed by atoms with van der Waals surface area (Å²) in [6.07, 6.45) is 1.03. The standard InChI is InChI=1S/C13H16Br2N2O/c1-2-17(10-5-6-16-8-10)13(18)11-7-9(14)3-4-12(11)15/h3-4,7,10,16H,2,5-6,8H2,1H3. The zero-order valence-corrected chi connectivity index (χ0v) is 13.4. The summed E-state index contributed by atoms with van der Waals surface area (Å²) in [5, 5.41) is 3.30. The third-order valence-electron chi connectivity index (χ3n) is 3.24. The molecule has 1 unspecified atom stereocenters. The number of carbonyl (C=O) groups excluding carboxylic acids is 1. The molecule has 1 N–H and O–H groups in total. The van der Waals surface area contributed by atoms with Gasteiger partial charge in [0.15, 0.2) is 0 Å². The number of rotatable bonds is 3. The van der Waals surface area contributed by atoms with Crippen LogP contribution in [0.25, 0.3) is 0 Å². The second kappa shape index (κ2) is 6.17. The molecule has 0 aliphatic carbocycles. The van der Waals surface area contributed by atoms with Gasteiger partial charge in [-0.2, -0.15) is 0 Å². The van der Waals surface area contributed by atoms with E-state index in [1.54, 1.807) is 0 Å². The molecule has 1 saturated heterocycles. The number of benzene rings is 1. The molecular formula is C13H16Br2N2O. The van der Waals surface area contributed by atoms with Crippen molar-refractivity contribution in [2.24, 2.45) is 0 Å². The van der Waals surface area contributed by atoms with Crippen LogP contribution in [-0.2, 0) is 0 Å². The van der Waals surface area contributed by atoms with Crippen LogP contribution >= 0.6 is 31.9 Å². The maximum atomic E-state index is 12.6. The zero-order chi connectivity index (χ0) is 13.1. The van der Waals surface area contributed by atoms with Crippen molar-refractivity contribution in [3.05, 3.63) is 32.7 Å². The van der Waals surface area contributed by atoms with Gasteiger partial charge in [0.05, 0.1) is 5.56 Å². The van der Waals surface area contributed by atoms with E-state index in [-0.39, 0.29) is 5.91 Å². The lowest BCUT2D eigenvalue weighted by Gasteiger charge is -2.27. The van der Waals surface area contributed by atoms with E-state index in [1.807, 2.05) is 30.0 Å². The molecule has 0 saturated carbocycles. The molecule has 1 aliphatic heterocycles. The maximum absolute atomic E-state index is 12.6. The van der Waals surface area contributed by atoms with Gasteiger partial charge < -0.3 is 10.2 Å². The molecule has 1 heterocycles. The fourth-order valence-electron chi connectivity index (χ4n) is 2.29. The highest BCUT2D eigenvalue weighted by molar-refractivity contribution is 9.11. The minimum Gasteiger partial charge on any atom is -0.335 e. The number of halogens is 2. The van der Waals surface area contributed by atoms with Gasteiger partial charge in [0.2, 0.25) is 0 Å². The van der Waals surface area contributed by atoms with Crippen molar-refractivity contribution >= 4 is 37.8 Å². The normalized spacial score (nSPS) is 18.9. The number of nitrogens with zero attached hydrogens (tertiary/aromatic N) is 1. The molecule has 1 aliphatic rings. The molecule has 1 atom stereocenters. The highest BCUT2D eigenvalue weighted by atomic mass is 79.9. The summed E-state index contributed by atoms with van der Waals surface area (Å²) in [6, 6.07) is 6.01. The molecule has 0 aromatic heterocycles. The summed E-state index contributed by atoms with van der Waals surface area (Å²) in [6.45, 7) is 4.66. The molecule has 5 heteroatoms. The van der Waals surface area contributed by atoms with E-state index >= 15 is 0 Å². The highest BCUT2D eigenvalue weighted by Crippen LogP contribution is 2.24. The number of amides is 1. The fraction of sp³-hybridized carbons (Fsp3) is 0.462. The lowest BCUT2D eigenvalue weighted by Crippen LogP contribution is -2.41. The summed E-state index contributed by atoms with van der Waals surface area (Å²) in [5.74, 6) is 0.0966. The minimum atomic E-state index is 0.0966. The Morgan fingerprint density at radius 2 is 2.28 bits per heavy atom. The van der Waals surface area contributed by atoms with E-state index in [4.69, 9.17) is 0 Å². The second-order valence-electron chi connectivity index (χ2n) is 4.36. The summed E-state index contributed by atoms with van der Waals surface area (Å²) < 4.78 is 1.77. The Kier molecular flexibility index (Phi) is 4.81. The number of carbonyl (C=O) groups is 1. The first-order valence-electron chi connectivity index (χ1n) is 6.10. The molecule has 98 valence electrons. The molecule has 3 nitrogen and oxygen atoms in total. The van der Waals surface area contributed by atoms with Crippen LogP contribution in [-0.4, -0.2) is 36.5 Å². The minimum absolute atomic E-state index is 0.0966. The maximum Gasteiger partial charge on any atom is 0.255 e. The molecule has 1 aromatic carbocycles. The molecular weight excluding hydrogens is 360 g/mol. The first kappa shape index (κ1) is 14.0. The van der Waals surface area contributed by atoms with Crippen LogP contribution < -0.4 is 5.32 Å². The average molecular weight is 376 g/mol. The number of nitrogens with one attached hydrogen (secondary N) is 1. The SMILES string of the molecule is CCN(C(=O)c1cc(Br)ccc1Br)C1CCNC1. The number of hydrogen-bond acceptors (Lipinski definition) is 2. The second-order valence-corrected chi connectivity index (χ2v) is 6.13. The van der Waals surface area contributed by atoms with Crippen LogP contribution in [0.2, 0.25) is 0 Å². The van der Waals surface area contributed by atoms with Gasteiger partial charge in [0.25, 0.3) is 5.91 Å². The monoisotopic (exact) mass is 374 g/mol. The molecule has 1 fully saturated rings. The van der Waals surface area contributed by atoms with Gasteiger partial charge in [-0.05, 0) is 54.0 Å². The Hall–Kier alpha value is -0.390. The fourth-order valence-corrected chi connectivity index (χ4v) is 3.07. The molecule has 0 bridgehead atoms. The molecule has 0 radical (unpaired) electrons. The van der Waals surface area contributed by atoms with E-state index in [0.29, 0.717) is 6.04 Å². The van der Waals surface area contributed by atoms with Crippen LogP contribution in [0, 0.1) is 0 Å². The quantitative estimate of drug-likeness (QED) is 0.880. The van der Waals surface area contributed by atoms with Crippen LogP contribution in [0.5, 0.6) is 0 Å². The smallest absolute Gasteiger partial charge is 0.255 e. The molecule has 1 amide bonds. The topological polar surface area (TPSA) is 32.3 Å². The van der Waals surface area contributed by atoms with Gasteiger partial charge >= 0.3 is 0 Å². The van der Waals surface area contributed by atoms with Gasteiger partial charge in [-0.25, -0.2) is 0 Å². The first-order valence-corrected chi connectivity index (χ1v) is 7.68. The van der Waals surface area contributed by atoms with Gasteiger partial charge in [0.1, 0.15) is 0 Å². The van der Waals surface area contributed by atoms with E-state index in [1.165, 1.54) is 0 Å². The van der Waals surface area contributed by atoms with Crippen LogP contribution in [0.3, 0.4) is 0 Å². The van der Waals surface area contributed by atoms with E-state index < -0.39 is 0 Å². The van der Waals surface area contributed by atoms with Crippen molar-refractivity contribution in [2.45, 2.75) is 19.4 Å². The van der Waals surface area contributed by atoms with Crippen molar-refractivity contribution in [1.82, 2.24) is 10.2 Å². The van der Waals surface area contributed by atoms with E-state index in [0.717, 1.165) is 40.6 Å². The number of likely N-dealkylation sites (N-methyl/N-ethyl adjacent to an activating group) is 1. The van der Waals surface area contributed by atoms with Crippen LogP contribution in [0.4, 0.5) is 0 Å². The van der Waals surface area contributed by atoms with Crippen molar-refractivity contribution in [3.63, 3.8) is 0 Å². The van der Waals surface area contributed by atoms with Crippen LogP contribution in [0.1, 0.15) is 23.7 Å². The Balaban J connectivity index is 2.25. The molecule has 0 spiro atoms. The Morgan fingerprint density at radius 3 is 2.89 bits per heavy atom. The van der Waals surface area contributed by atoms with Crippen molar-refractivity contribution in [1.29, 1.82) is 0 Å². The highest BCUT2D eigenvalue weighted by Gasteiger charge is 2.27. The van der Waals surface area contributed by atoms with Crippen molar-refractivity contribution in [2.75, 3.05) is 19.6 Å². The predicted octanol–water partition coefficient (Wildman–Crippen LogP) is 3.04. The third-order valence-corrected chi connectivity index (χ3v) is 4.42. The Labute approximate surface area is 124 Å². The van der Waals surface area contributed by atoms with Crippen LogP contribution in [0.15, 0.2) is 27.1 Å². The molecule has 18 heavy (non-hydrogen) atoms. The van der Waals surface area contributed by atoms with Gasteiger partial charge in [-0.1, -0.05) is 15.9 Å². The number of hydrogen-bond donors (Lipinski definition) is 1. The van der Waals surface area contributed by atoms with E-state index in [9.17, 15) is 4.79 Å². The third kappa shape index (κ3) is 2.95. The molecule has 1 aromatic rings. The Bertz CT molecular complexity index is 445. The lowest BCUT2D eigenvalue weighted by atomic mass is 10.1. The van der Waals surface area contributed by atoms with Gasteiger partial charge in [0, 0.05) is 28.1 Å². The summed E-state index contributed by atoms with van der Waals surface area (Å²) >= 11 is 6.87. The van der Waals surface area contributed by atoms with Gasteiger partial charge in [-0.3, -0.25) is 4.79 Å².